The number of anilines is 1. The van der Waals surface area contributed by atoms with Crippen molar-refractivity contribution in [1.29, 1.82) is 0 Å². The summed E-state index contributed by atoms with van der Waals surface area (Å²) in [6, 6.07) is 18.1. The van der Waals surface area contributed by atoms with Gasteiger partial charge < -0.3 is 4.74 Å². The van der Waals surface area contributed by atoms with E-state index in [0.717, 1.165) is 10.5 Å². The minimum absolute atomic E-state index is 0.0709. The third kappa shape index (κ3) is 5.51. The number of hydrogen-bond donors (Lipinski definition) is 1. The van der Waals surface area contributed by atoms with Gasteiger partial charge in [-0.3, -0.25) is 9.10 Å². The number of sulfonamides is 1. The molecule has 0 aliphatic heterocycles. The number of carbonyl (C=O) groups is 1. The number of halogens is 2. The van der Waals surface area contributed by atoms with Gasteiger partial charge in [0.05, 0.1) is 23.9 Å². The van der Waals surface area contributed by atoms with Crippen LogP contribution < -0.4 is 14.5 Å². The summed E-state index contributed by atoms with van der Waals surface area (Å²) in [5.41, 5.74) is 2.62. The Morgan fingerprint density at radius 2 is 1.81 bits per heavy atom. The molecule has 0 spiro atoms. The summed E-state index contributed by atoms with van der Waals surface area (Å²) in [4.78, 5) is 12.5. The van der Waals surface area contributed by atoms with Crippen molar-refractivity contribution >= 4 is 43.8 Å². The van der Waals surface area contributed by atoms with Crippen molar-refractivity contribution in [3.05, 3.63) is 88.6 Å². The summed E-state index contributed by atoms with van der Waals surface area (Å²) in [5, 5.41) is 3.87. The van der Waals surface area contributed by atoms with Gasteiger partial charge >= 0.3 is 0 Å². The molecule has 166 valence electrons. The van der Waals surface area contributed by atoms with Crippen molar-refractivity contribution in [3.8, 4) is 5.75 Å². The molecule has 7 nitrogen and oxygen atoms in total. The predicted octanol–water partition coefficient (Wildman–Crippen LogP) is 3.94. The van der Waals surface area contributed by atoms with E-state index in [2.05, 4.69) is 26.5 Å². The fourth-order valence-corrected chi connectivity index (χ4v) is 4.65. The summed E-state index contributed by atoms with van der Waals surface area (Å²) in [6.07, 6.45) is 1.36. The van der Waals surface area contributed by atoms with Gasteiger partial charge in [0.25, 0.3) is 15.9 Å². The molecule has 1 amide bonds. The molecule has 0 aromatic heterocycles. The molecule has 0 fully saturated rings. The number of benzene rings is 3. The van der Waals surface area contributed by atoms with Crippen molar-refractivity contribution in [2.45, 2.75) is 4.90 Å². The molecule has 0 radical (unpaired) electrons. The Morgan fingerprint density at radius 1 is 1.12 bits per heavy atom. The molecule has 32 heavy (non-hydrogen) atoms. The molecule has 1 N–H and O–H groups in total. The Kier molecular flexibility index (Phi) is 7.60. The number of rotatable bonds is 8. The molecule has 0 aliphatic rings. The van der Waals surface area contributed by atoms with Crippen molar-refractivity contribution in [1.82, 2.24) is 5.43 Å². The van der Waals surface area contributed by atoms with Crippen LogP contribution in [0.5, 0.6) is 5.75 Å². The molecule has 0 saturated heterocycles. The van der Waals surface area contributed by atoms with Gasteiger partial charge in [0, 0.05) is 10.0 Å². The molecule has 10 heteroatoms. The number of nitrogens with zero attached hydrogens (tertiary/aromatic N) is 2. The predicted molar refractivity (Wildman–Crippen MR) is 124 cm³/mol. The minimum atomic E-state index is -4.21. The molecular formula is C22H19BrFN3O4S. The number of nitrogens with one attached hydrogen (secondary N) is 1. The Morgan fingerprint density at radius 3 is 2.50 bits per heavy atom. The normalized spacial score (nSPS) is 11.3. The smallest absolute Gasteiger partial charge is 0.264 e. The lowest BCUT2D eigenvalue weighted by Gasteiger charge is -2.24. The van der Waals surface area contributed by atoms with Crippen LogP contribution in [-0.4, -0.2) is 34.2 Å². The summed E-state index contributed by atoms with van der Waals surface area (Å²) in [5.74, 6) is -0.994. The largest absolute Gasteiger partial charge is 0.496 e. The number of hydrazone groups is 1. The summed E-state index contributed by atoms with van der Waals surface area (Å²) >= 11 is 3.34. The van der Waals surface area contributed by atoms with E-state index >= 15 is 0 Å². The quantitative estimate of drug-likeness (QED) is 0.360. The zero-order chi connectivity index (χ0) is 23.1. The van der Waals surface area contributed by atoms with E-state index in [0.29, 0.717) is 15.6 Å². The van der Waals surface area contributed by atoms with Gasteiger partial charge in [-0.05, 0) is 42.5 Å². The van der Waals surface area contributed by atoms with Crippen LogP contribution in [-0.2, 0) is 14.8 Å². The highest BCUT2D eigenvalue weighted by Gasteiger charge is 2.28. The Labute approximate surface area is 193 Å². The highest BCUT2D eigenvalue weighted by Crippen LogP contribution is 2.26. The molecule has 0 saturated carbocycles. The first-order valence-electron chi connectivity index (χ1n) is 9.30. The molecule has 3 aromatic carbocycles. The zero-order valence-corrected chi connectivity index (χ0v) is 19.3. The number of hydrogen-bond acceptors (Lipinski definition) is 5. The van der Waals surface area contributed by atoms with E-state index < -0.39 is 28.3 Å². The lowest BCUT2D eigenvalue weighted by atomic mass is 10.2. The van der Waals surface area contributed by atoms with Gasteiger partial charge in [-0.1, -0.05) is 46.3 Å². The molecular weight excluding hydrogens is 501 g/mol. The second-order valence-electron chi connectivity index (χ2n) is 6.46. The first kappa shape index (κ1) is 23.4. The van der Waals surface area contributed by atoms with Crippen molar-refractivity contribution in [3.63, 3.8) is 0 Å². The fraction of sp³-hybridized carbons (Fsp3) is 0.0909. The molecule has 0 bridgehead atoms. The van der Waals surface area contributed by atoms with Gasteiger partial charge in [-0.15, -0.1) is 0 Å². The van der Waals surface area contributed by atoms with Crippen LogP contribution in [0.3, 0.4) is 0 Å². The molecule has 3 rings (SSSR count). The van der Waals surface area contributed by atoms with Crippen LogP contribution in [0.15, 0.2) is 87.3 Å². The number of methoxy groups -OCH3 is 1. The maximum Gasteiger partial charge on any atom is 0.264 e. The summed E-state index contributed by atoms with van der Waals surface area (Å²) in [7, 11) is -2.71. The summed E-state index contributed by atoms with van der Waals surface area (Å²) < 4.78 is 47.5. The average Bonchev–Trinajstić information content (AvgIpc) is 2.79. The molecule has 0 heterocycles. The third-order valence-electron chi connectivity index (χ3n) is 4.32. The number of ether oxygens (including phenoxy) is 1. The monoisotopic (exact) mass is 519 g/mol. The van der Waals surface area contributed by atoms with E-state index in [1.807, 2.05) is 0 Å². The van der Waals surface area contributed by atoms with E-state index in [9.17, 15) is 17.6 Å². The highest BCUT2D eigenvalue weighted by atomic mass is 79.9. The minimum Gasteiger partial charge on any atom is -0.496 e. The topological polar surface area (TPSA) is 88.1 Å². The maximum atomic E-state index is 14.4. The lowest BCUT2D eigenvalue weighted by molar-refractivity contribution is -0.119. The summed E-state index contributed by atoms with van der Waals surface area (Å²) in [6.45, 7) is -0.675. The van der Waals surface area contributed by atoms with E-state index in [1.165, 1.54) is 43.7 Å². The van der Waals surface area contributed by atoms with Crippen molar-refractivity contribution in [2.75, 3.05) is 18.0 Å². The number of amides is 1. The van der Waals surface area contributed by atoms with Crippen LogP contribution in [0.1, 0.15) is 5.56 Å². The Hall–Kier alpha value is -3.24. The number of carbonyl (C=O) groups excluding carboxylic acids is 1. The van der Waals surface area contributed by atoms with E-state index in [1.54, 1.807) is 36.4 Å². The van der Waals surface area contributed by atoms with Gasteiger partial charge in [-0.2, -0.15) is 5.10 Å². The standard InChI is InChI=1S/C22H19BrFN3O4S/c1-31-21-12-11-17(23)13-16(21)14-25-26-22(28)15-27(20-10-6-5-9-19(20)24)32(29,30)18-7-3-2-4-8-18/h2-14H,15H2,1H3,(H,26,28)/b25-14-. The van der Waals surface area contributed by atoms with Gasteiger partial charge in [0.15, 0.2) is 0 Å². The zero-order valence-electron chi connectivity index (χ0n) is 16.9. The fourth-order valence-electron chi connectivity index (χ4n) is 2.82. The third-order valence-corrected chi connectivity index (χ3v) is 6.59. The Bertz CT molecular complexity index is 1240. The molecule has 0 aliphatic carbocycles. The van der Waals surface area contributed by atoms with Crippen molar-refractivity contribution < 1.29 is 22.3 Å². The number of para-hydroxylation sites is 1. The highest BCUT2D eigenvalue weighted by molar-refractivity contribution is 9.10. The van der Waals surface area contributed by atoms with Crippen LogP contribution in [0.4, 0.5) is 10.1 Å². The van der Waals surface area contributed by atoms with Gasteiger partial charge in [0.2, 0.25) is 0 Å². The lowest BCUT2D eigenvalue weighted by Crippen LogP contribution is -2.40. The molecule has 0 atom stereocenters. The Balaban J connectivity index is 1.85. The van der Waals surface area contributed by atoms with E-state index in [-0.39, 0.29) is 10.6 Å². The first-order valence-corrected chi connectivity index (χ1v) is 11.5. The first-order chi connectivity index (χ1) is 15.3. The SMILES string of the molecule is COc1ccc(Br)cc1/C=N\NC(=O)CN(c1ccccc1F)S(=O)(=O)c1ccccc1. The van der Waals surface area contributed by atoms with Crippen LogP contribution in [0, 0.1) is 5.82 Å². The molecule has 0 unspecified atom stereocenters. The average molecular weight is 520 g/mol. The van der Waals surface area contributed by atoms with Gasteiger partial charge in [0.1, 0.15) is 18.1 Å². The second-order valence-corrected chi connectivity index (χ2v) is 9.23. The molecule has 3 aromatic rings. The van der Waals surface area contributed by atoms with Crippen LogP contribution in [0.25, 0.3) is 0 Å². The maximum absolute atomic E-state index is 14.4. The van der Waals surface area contributed by atoms with Crippen LogP contribution in [0.2, 0.25) is 0 Å². The second kappa shape index (κ2) is 10.4. The van der Waals surface area contributed by atoms with Gasteiger partial charge in [-0.25, -0.2) is 18.2 Å². The van der Waals surface area contributed by atoms with E-state index in [4.69, 9.17) is 4.74 Å². The van der Waals surface area contributed by atoms with Crippen LogP contribution >= 0.6 is 15.9 Å². The van der Waals surface area contributed by atoms with Crippen molar-refractivity contribution in [2.24, 2.45) is 5.10 Å².